The summed E-state index contributed by atoms with van der Waals surface area (Å²) in [5, 5.41) is 9.03. The number of aliphatic carboxylic acids is 1. The van der Waals surface area contributed by atoms with Crippen LogP contribution in [0.2, 0.25) is 0 Å². The van der Waals surface area contributed by atoms with Crippen molar-refractivity contribution in [3.8, 4) is 0 Å². The molecule has 106 valence electrons. The molecule has 0 aromatic rings. The number of rotatable bonds is 6. The minimum Gasteiger partial charge on any atom is -0.479 e. The molecule has 1 aliphatic rings. The summed E-state index contributed by atoms with van der Waals surface area (Å²) in [5.41, 5.74) is 0.155. The van der Waals surface area contributed by atoms with E-state index in [-0.39, 0.29) is 5.54 Å². The summed E-state index contributed by atoms with van der Waals surface area (Å²) in [6, 6.07) is 0. The maximum atomic E-state index is 11.0. The average molecular weight is 258 g/mol. The molecule has 0 radical (unpaired) electrons. The molecular formula is C13H26N2O3. The molecule has 1 atom stereocenters. The van der Waals surface area contributed by atoms with Gasteiger partial charge in [-0.2, -0.15) is 0 Å². The molecule has 0 saturated carbocycles. The lowest BCUT2D eigenvalue weighted by Gasteiger charge is -2.45. The Hall–Kier alpha value is -0.650. The zero-order chi connectivity index (χ0) is 13.8. The van der Waals surface area contributed by atoms with Crippen LogP contribution in [-0.2, 0) is 9.53 Å². The number of hydrogen-bond donors (Lipinski definition) is 1. The third-order valence-corrected chi connectivity index (χ3v) is 3.75. The highest BCUT2D eigenvalue weighted by Gasteiger charge is 2.31. The Balaban J connectivity index is 2.41. The number of carbonyl (C=O) groups is 1. The average Bonchev–Trinajstić information content (AvgIpc) is 2.28. The summed E-state index contributed by atoms with van der Waals surface area (Å²) in [6.07, 6.45) is -0.110. The second-order valence-corrected chi connectivity index (χ2v) is 5.58. The highest BCUT2D eigenvalue weighted by molar-refractivity contribution is 5.72. The summed E-state index contributed by atoms with van der Waals surface area (Å²) in [6.45, 7) is 10.5. The molecule has 1 aliphatic heterocycles. The van der Waals surface area contributed by atoms with Crippen LogP contribution in [-0.4, -0.2) is 72.4 Å². The van der Waals surface area contributed by atoms with Gasteiger partial charge < -0.3 is 14.7 Å². The van der Waals surface area contributed by atoms with Gasteiger partial charge >= 0.3 is 5.97 Å². The number of ether oxygens (including phenoxy) is 1. The molecule has 18 heavy (non-hydrogen) atoms. The molecule has 0 aromatic carbocycles. The molecule has 1 rings (SSSR count). The number of likely N-dealkylation sites (N-methyl/N-ethyl adjacent to an activating group) is 1. The van der Waals surface area contributed by atoms with E-state index < -0.39 is 12.1 Å². The molecule has 1 N–H and O–H groups in total. The molecule has 0 amide bonds. The summed E-state index contributed by atoms with van der Waals surface area (Å²) >= 11 is 0. The van der Waals surface area contributed by atoms with E-state index in [2.05, 4.69) is 30.7 Å². The predicted octanol–water partition coefficient (Wildman–Crippen LogP) is 0.892. The first-order valence-electron chi connectivity index (χ1n) is 6.65. The van der Waals surface area contributed by atoms with Crippen molar-refractivity contribution in [3.05, 3.63) is 0 Å². The number of hydrogen-bond acceptors (Lipinski definition) is 4. The van der Waals surface area contributed by atoms with Crippen molar-refractivity contribution < 1.29 is 14.6 Å². The fraction of sp³-hybridized carbons (Fsp3) is 0.923. The largest absolute Gasteiger partial charge is 0.479 e. The lowest BCUT2D eigenvalue weighted by Crippen LogP contribution is -2.57. The molecular weight excluding hydrogens is 232 g/mol. The van der Waals surface area contributed by atoms with E-state index in [0.717, 1.165) is 26.2 Å². The highest BCUT2D eigenvalue weighted by atomic mass is 16.5. The first kappa shape index (κ1) is 15.4. The van der Waals surface area contributed by atoms with Crippen LogP contribution in [0.3, 0.4) is 0 Å². The van der Waals surface area contributed by atoms with Crippen LogP contribution < -0.4 is 0 Å². The van der Waals surface area contributed by atoms with E-state index in [4.69, 9.17) is 9.84 Å². The molecule has 5 heteroatoms. The molecule has 1 heterocycles. The fourth-order valence-corrected chi connectivity index (χ4v) is 2.31. The quantitative estimate of drug-likeness (QED) is 0.767. The van der Waals surface area contributed by atoms with Gasteiger partial charge in [-0.3, -0.25) is 4.90 Å². The van der Waals surface area contributed by atoms with Crippen LogP contribution in [0.5, 0.6) is 0 Å². The highest BCUT2D eigenvalue weighted by Crippen LogP contribution is 2.19. The SMILES string of the molecule is CCOC(CCN1CCN(C)C(C)(C)C1)C(=O)O. The molecule has 0 spiro atoms. The topological polar surface area (TPSA) is 53.0 Å². The van der Waals surface area contributed by atoms with Gasteiger partial charge in [0, 0.05) is 38.3 Å². The number of carboxylic acids is 1. The van der Waals surface area contributed by atoms with E-state index in [1.54, 1.807) is 0 Å². The first-order chi connectivity index (χ1) is 8.36. The Kier molecular flexibility index (Phi) is 5.56. The maximum Gasteiger partial charge on any atom is 0.332 e. The van der Waals surface area contributed by atoms with Crippen LogP contribution in [0.1, 0.15) is 27.2 Å². The smallest absolute Gasteiger partial charge is 0.332 e. The van der Waals surface area contributed by atoms with Gasteiger partial charge in [0.1, 0.15) is 0 Å². The Morgan fingerprint density at radius 3 is 2.61 bits per heavy atom. The van der Waals surface area contributed by atoms with E-state index in [9.17, 15) is 4.79 Å². The van der Waals surface area contributed by atoms with Crippen molar-refractivity contribution in [3.63, 3.8) is 0 Å². The fourth-order valence-electron chi connectivity index (χ4n) is 2.31. The van der Waals surface area contributed by atoms with Gasteiger partial charge in [-0.05, 0) is 34.2 Å². The molecule has 0 aromatic heterocycles. The monoisotopic (exact) mass is 258 g/mol. The molecule has 1 unspecified atom stereocenters. The second-order valence-electron chi connectivity index (χ2n) is 5.58. The summed E-state index contributed by atoms with van der Waals surface area (Å²) in [7, 11) is 2.14. The van der Waals surface area contributed by atoms with Crippen molar-refractivity contribution in [1.82, 2.24) is 9.80 Å². The minimum absolute atomic E-state index is 0.155. The van der Waals surface area contributed by atoms with Crippen LogP contribution in [0, 0.1) is 0 Å². The number of piperazine rings is 1. The van der Waals surface area contributed by atoms with Gasteiger partial charge in [0.15, 0.2) is 6.10 Å². The summed E-state index contributed by atoms with van der Waals surface area (Å²) in [4.78, 5) is 15.7. The van der Waals surface area contributed by atoms with Crippen LogP contribution in [0.4, 0.5) is 0 Å². The van der Waals surface area contributed by atoms with Crippen LogP contribution in [0.25, 0.3) is 0 Å². The lowest BCUT2D eigenvalue weighted by atomic mass is 9.99. The Morgan fingerprint density at radius 2 is 2.11 bits per heavy atom. The van der Waals surface area contributed by atoms with Crippen molar-refractivity contribution in [2.45, 2.75) is 38.8 Å². The van der Waals surface area contributed by atoms with Crippen molar-refractivity contribution in [2.75, 3.05) is 39.8 Å². The standard InChI is InChI=1S/C13H26N2O3/c1-5-18-11(12(16)17)6-7-15-9-8-14(4)13(2,3)10-15/h11H,5-10H2,1-4H3,(H,16,17). The Labute approximate surface area is 110 Å². The molecule has 1 saturated heterocycles. The Bertz CT molecular complexity index is 281. The molecule has 0 bridgehead atoms. The van der Waals surface area contributed by atoms with Gasteiger partial charge in [-0.15, -0.1) is 0 Å². The van der Waals surface area contributed by atoms with Crippen LogP contribution in [0.15, 0.2) is 0 Å². The van der Waals surface area contributed by atoms with Gasteiger partial charge in [-0.1, -0.05) is 0 Å². The third kappa shape index (κ3) is 4.23. The number of nitrogens with zero attached hydrogens (tertiary/aromatic N) is 2. The van der Waals surface area contributed by atoms with Gasteiger partial charge in [0.2, 0.25) is 0 Å². The molecule has 1 fully saturated rings. The van der Waals surface area contributed by atoms with E-state index in [0.29, 0.717) is 13.0 Å². The van der Waals surface area contributed by atoms with Gasteiger partial charge in [-0.25, -0.2) is 4.79 Å². The minimum atomic E-state index is -0.856. The maximum absolute atomic E-state index is 11.0. The van der Waals surface area contributed by atoms with Crippen molar-refractivity contribution >= 4 is 5.97 Å². The zero-order valence-electron chi connectivity index (χ0n) is 12.0. The van der Waals surface area contributed by atoms with Gasteiger partial charge in [0.05, 0.1) is 0 Å². The van der Waals surface area contributed by atoms with E-state index >= 15 is 0 Å². The third-order valence-electron chi connectivity index (χ3n) is 3.75. The Morgan fingerprint density at radius 1 is 1.44 bits per heavy atom. The van der Waals surface area contributed by atoms with Gasteiger partial charge in [0.25, 0.3) is 0 Å². The summed E-state index contributed by atoms with van der Waals surface area (Å²) < 4.78 is 5.23. The van der Waals surface area contributed by atoms with Crippen LogP contribution >= 0.6 is 0 Å². The normalized spacial score (nSPS) is 22.9. The lowest BCUT2D eigenvalue weighted by molar-refractivity contribution is -0.150. The molecule has 5 nitrogen and oxygen atoms in total. The second kappa shape index (κ2) is 6.50. The van der Waals surface area contributed by atoms with Crippen molar-refractivity contribution in [1.29, 1.82) is 0 Å². The van der Waals surface area contributed by atoms with E-state index in [1.165, 1.54) is 0 Å². The molecule has 0 aliphatic carbocycles. The zero-order valence-corrected chi connectivity index (χ0v) is 12.0. The van der Waals surface area contributed by atoms with Crippen molar-refractivity contribution in [2.24, 2.45) is 0 Å². The first-order valence-corrected chi connectivity index (χ1v) is 6.65. The number of carboxylic acid groups (broad SMARTS) is 1. The predicted molar refractivity (Wildman–Crippen MR) is 70.8 cm³/mol. The summed E-state index contributed by atoms with van der Waals surface area (Å²) in [5.74, 6) is -0.856. The van der Waals surface area contributed by atoms with E-state index in [1.807, 2.05) is 6.92 Å².